The molecule has 0 aromatic carbocycles. The van der Waals surface area contributed by atoms with Crippen molar-refractivity contribution < 1.29 is 9.53 Å². The summed E-state index contributed by atoms with van der Waals surface area (Å²) in [7, 11) is 4.02. The van der Waals surface area contributed by atoms with Crippen LogP contribution in [0.15, 0.2) is 0 Å². The van der Waals surface area contributed by atoms with Gasteiger partial charge >= 0.3 is 0 Å². The van der Waals surface area contributed by atoms with E-state index in [1.165, 1.54) is 0 Å². The molecule has 5 nitrogen and oxygen atoms in total. The SMILES string of the molecule is CN(C)CCOCCNCC(=O)NC(C)(C)C. The first-order valence-corrected chi connectivity index (χ1v) is 6.05. The zero-order chi connectivity index (χ0) is 13.3. The highest BCUT2D eigenvalue weighted by Gasteiger charge is 2.12. The normalized spacial score (nSPS) is 11.9. The fourth-order valence-corrected chi connectivity index (χ4v) is 1.16. The maximum Gasteiger partial charge on any atom is 0.234 e. The molecule has 0 heterocycles. The highest BCUT2D eigenvalue weighted by molar-refractivity contribution is 5.78. The summed E-state index contributed by atoms with van der Waals surface area (Å²) in [5.74, 6) is 0.0193. The third-order valence-electron chi connectivity index (χ3n) is 1.91. The van der Waals surface area contributed by atoms with Gasteiger partial charge in [-0.05, 0) is 34.9 Å². The first kappa shape index (κ1) is 16.4. The van der Waals surface area contributed by atoms with Gasteiger partial charge in [-0.1, -0.05) is 0 Å². The van der Waals surface area contributed by atoms with E-state index in [4.69, 9.17) is 4.74 Å². The van der Waals surface area contributed by atoms with Crippen LogP contribution in [0.1, 0.15) is 20.8 Å². The third kappa shape index (κ3) is 13.3. The number of nitrogens with one attached hydrogen (secondary N) is 2. The molecular formula is C12H27N3O2. The van der Waals surface area contributed by atoms with Crippen molar-refractivity contribution in [1.29, 1.82) is 0 Å². The summed E-state index contributed by atoms with van der Waals surface area (Å²) in [6.45, 7) is 9.23. The Morgan fingerprint density at radius 3 is 2.41 bits per heavy atom. The second-order valence-corrected chi connectivity index (χ2v) is 5.39. The van der Waals surface area contributed by atoms with E-state index < -0.39 is 0 Å². The lowest BCUT2D eigenvalue weighted by Crippen LogP contribution is -2.45. The monoisotopic (exact) mass is 245 g/mol. The molecule has 0 atom stereocenters. The molecule has 0 fully saturated rings. The molecule has 1 amide bonds. The maximum atomic E-state index is 11.4. The van der Waals surface area contributed by atoms with Crippen molar-refractivity contribution >= 4 is 5.91 Å². The first-order valence-electron chi connectivity index (χ1n) is 6.05. The van der Waals surface area contributed by atoms with Crippen molar-refractivity contribution in [3.63, 3.8) is 0 Å². The van der Waals surface area contributed by atoms with Gasteiger partial charge in [0.25, 0.3) is 0 Å². The zero-order valence-corrected chi connectivity index (χ0v) is 11.8. The lowest BCUT2D eigenvalue weighted by molar-refractivity contribution is -0.121. The Morgan fingerprint density at radius 2 is 1.88 bits per heavy atom. The molecule has 0 radical (unpaired) electrons. The van der Waals surface area contributed by atoms with E-state index in [0.717, 1.165) is 13.2 Å². The number of hydrogen-bond donors (Lipinski definition) is 2. The van der Waals surface area contributed by atoms with Crippen molar-refractivity contribution in [2.45, 2.75) is 26.3 Å². The van der Waals surface area contributed by atoms with E-state index in [-0.39, 0.29) is 11.4 Å². The van der Waals surface area contributed by atoms with Crippen LogP contribution in [-0.4, -0.2) is 63.3 Å². The number of carbonyl (C=O) groups is 1. The van der Waals surface area contributed by atoms with Gasteiger partial charge < -0.3 is 20.3 Å². The minimum atomic E-state index is -0.166. The number of rotatable bonds is 8. The highest BCUT2D eigenvalue weighted by atomic mass is 16.5. The molecule has 0 saturated carbocycles. The van der Waals surface area contributed by atoms with Gasteiger partial charge in [0.1, 0.15) is 0 Å². The van der Waals surface area contributed by atoms with E-state index in [9.17, 15) is 4.79 Å². The van der Waals surface area contributed by atoms with Crippen molar-refractivity contribution in [3.05, 3.63) is 0 Å². The van der Waals surface area contributed by atoms with Crippen LogP contribution in [0, 0.1) is 0 Å². The van der Waals surface area contributed by atoms with Crippen LogP contribution < -0.4 is 10.6 Å². The van der Waals surface area contributed by atoms with Crippen LogP contribution in [0.25, 0.3) is 0 Å². The predicted octanol–water partition coefficient (Wildman–Crippen LogP) is 0.0689. The predicted molar refractivity (Wildman–Crippen MR) is 70.1 cm³/mol. The molecular weight excluding hydrogens is 218 g/mol. The standard InChI is InChI=1S/C12H27N3O2/c1-12(2,3)14-11(16)10-13-6-8-17-9-7-15(4)5/h13H,6-10H2,1-5H3,(H,14,16). The summed E-state index contributed by atoms with van der Waals surface area (Å²) >= 11 is 0. The van der Waals surface area contributed by atoms with Crippen molar-refractivity contribution in [2.24, 2.45) is 0 Å². The van der Waals surface area contributed by atoms with Crippen LogP contribution in [0.5, 0.6) is 0 Å². The third-order valence-corrected chi connectivity index (χ3v) is 1.91. The van der Waals surface area contributed by atoms with Crippen LogP contribution in [0.3, 0.4) is 0 Å². The Labute approximate surface area is 105 Å². The minimum absolute atomic E-state index is 0.0193. The van der Waals surface area contributed by atoms with Gasteiger partial charge in [-0.3, -0.25) is 4.79 Å². The molecule has 2 N–H and O–H groups in total. The number of hydrogen-bond acceptors (Lipinski definition) is 4. The average molecular weight is 245 g/mol. The second kappa shape index (κ2) is 8.44. The van der Waals surface area contributed by atoms with E-state index in [1.54, 1.807) is 0 Å². The van der Waals surface area contributed by atoms with Crippen molar-refractivity contribution in [1.82, 2.24) is 15.5 Å². The minimum Gasteiger partial charge on any atom is -0.379 e. The Kier molecular flexibility index (Phi) is 8.12. The van der Waals surface area contributed by atoms with Crippen LogP contribution in [-0.2, 0) is 9.53 Å². The Bertz CT molecular complexity index is 212. The smallest absolute Gasteiger partial charge is 0.234 e. The molecule has 0 aliphatic heterocycles. The molecule has 0 aromatic rings. The fourth-order valence-electron chi connectivity index (χ4n) is 1.16. The van der Waals surface area contributed by atoms with E-state index in [2.05, 4.69) is 15.5 Å². The summed E-state index contributed by atoms with van der Waals surface area (Å²) in [5.41, 5.74) is -0.166. The number of amides is 1. The molecule has 17 heavy (non-hydrogen) atoms. The van der Waals surface area contributed by atoms with Gasteiger partial charge in [0, 0.05) is 18.6 Å². The second-order valence-electron chi connectivity index (χ2n) is 5.39. The van der Waals surface area contributed by atoms with Gasteiger partial charge in [0.05, 0.1) is 19.8 Å². The maximum absolute atomic E-state index is 11.4. The highest BCUT2D eigenvalue weighted by Crippen LogP contribution is 1.96. The molecule has 5 heteroatoms. The number of carbonyl (C=O) groups excluding carboxylic acids is 1. The van der Waals surface area contributed by atoms with Gasteiger partial charge in [0.15, 0.2) is 0 Å². The van der Waals surface area contributed by atoms with Gasteiger partial charge in [-0.25, -0.2) is 0 Å². The summed E-state index contributed by atoms with van der Waals surface area (Å²) in [6, 6.07) is 0. The first-order chi connectivity index (χ1) is 7.81. The average Bonchev–Trinajstić information content (AvgIpc) is 2.12. The van der Waals surface area contributed by atoms with Crippen LogP contribution in [0.2, 0.25) is 0 Å². The number of nitrogens with zero attached hydrogens (tertiary/aromatic N) is 1. The largest absolute Gasteiger partial charge is 0.379 e. The molecule has 0 rings (SSSR count). The summed E-state index contributed by atoms with van der Waals surface area (Å²) in [5, 5.41) is 5.93. The molecule has 0 bridgehead atoms. The Hall–Kier alpha value is -0.650. The zero-order valence-electron chi connectivity index (χ0n) is 11.8. The molecule has 0 aliphatic carbocycles. The summed E-state index contributed by atoms with van der Waals surface area (Å²) < 4.78 is 5.39. The summed E-state index contributed by atoms with van der Waals surface area (Å²) in [6.07, 6.45) is 0. The van der Waals surface area contributed by atoms with E-state index in [0.29, 0.717) is 19.7 Å². The fraction of sp³-hybridized carbons (Fsp3) is 0.917. The van der Waals surface area contributed by atoms with Gasteiger partial charge in [0.2, 0.25) is 5.91 Å². The Morgan fingerprint density at radius 1 is 1.24 bits per heavy atom. The lowest BCUT2D eigenvalue weighted by atomic mass is 10.1. The molecule has 102 valence electrons. The van der Waals surface area contributed by atoms with Gasteiger partial charge in [-0.15, -0.1) is 0 Å². The van der Waals surface area contributed by atoms with Crippen molar-refractivity contribution in [2.75, 3.05) is 46.9 Å². The molecule has 0 saturated heterocycles. The molecule has 0 spiro atoms. The summed E-state index contributed by atoms with van der Waals surface area (Å²) in [4.78, 5) is 13.5. The lowest BCUT2D eigenvalue weighted by Gasteiger charge is -2.20. The molecule has 0 aliphatic rings. The number of ether oxygens (including phenoxy) is 1. The van der Waals surface area contributed by atoms with E-state index in [1.807, 2.05) is 34.9 Å². The topological polar surface area (TPSA) is 53.6 Å². The Balaban J connectivity index is 3.31. The van der Waals surface area contributed by atoms with Crippen LogP contribution >= 0.6 is 0 Å². The molecule has 0 unspecified atom stereocenters. The van der Waals surface area contributed by atoms with Crippen molar-refractivity contribution in [3.8, 4) is 0 Å². The van der Waals surface area contributed by atoms with E-state index >= 15 is 0 Å². The quantitative estimate of drug-likeness (QED) is 0.594. The van der Waals surface area contributed by atoms with Gasteiger partial charge in [-0.2, -0.15) is 0 Å². The molecule has 0 aromatic heterocycles. The number of likely N-dealkylation sites (N-methyl/N-ethyl adjacent to an activating group) is 1. The van der Waals surface area contributed by atoms with Crippen LogP contribution in [0.4, 0.5) is 0 Å².